The molecule has 1 aromatic carbocycles. The summed E-state index contributed by atoms with van der Waals surface area (Å²) in [7, 11) is 0. The molecule has 1 heterocycles. The molecule has 0 aliphatic rings. The lowest BCUT2D eigenvalue weighted by Gasteiger charge is -2.13. The van der Waals surface area contributed by atoms with Gasteiger partial charge in [0.2, 0.25) is 0 Å². The summed E-state index contributed by atoms with van der Waals surface area (Å²) >= 11 is 0. The van der Waals surface area contributed by atoms with Gasteiger partial charge in [0, 0.05) is 24.8 Å². The lowest BCUT2D eigenvalue weighted by Crippen LogP contribution is -2.24. The zero-order valence-electron chi connectivity index (χ0n) is 14.6. The van der Waals surface area contributed by atoms with Gasteiger partial charge in [-0.15, -0.1) is 0 Å². The minimum Gasteiger partial charge on any atom is -0.348 e. The van der Waals surface area contributed by atoms with Crippen LogP contribution in [0.5, 0.6) is 0 Å². The quantitative estimate of drug-likeness (QED) is 0.891. The second kappa shape index (κ2) is 6.96. The van der Waals surface area contributed by atoms with Crippen molar-refractivity contribution >= 4 is 5.91 Å². The Kier molecular flexibility index (Phi) is 5.21. The van der Waals surface area contributed by atoms with E-state index in [0.717, 1.165) is 27.9 Å². The third kappa shape index (κ3) is 3.62. The lowest BCUT2D eigenvalue weighted by atomic mass is 9.99. The van der Waals surface area contributed by atoms with Crippen molar-refractivity contribution in [2.75, 3.05) is 0 Å². The van der Waals surface area contributed by atoms with Gasteiger partial charge in [0.05, 0.1) is 11.8 Å². The number of aryl methyl sites for hydroxylation is 2. The number of rotatable bonds is 5. The maximum atomic E-state index is 12.4. The summed E-state index contributed by atoms with van der Waals surface area (Å²) in [6.45, 7) is 11.2. The van der Waals surface area contributed by atoms with E-state index in [1.54, 1.807) is 6.20 Å². The van der Waals surface area contributed by atoms with Crippen molar-refractivity contribution in [1.82, 2.24) is 15.1 Å². The first-order valence-corrected chi connectivity index (χ1v) is 7.96. The van der Waals surface area contributed by atoms with Gasteiger partial charge in [0.25, 0.3) is 5.91 Å². The van der Waals surface area contributed by atoms with Crippen LogP contribution in [0.4, 0.5) is 0 Å². The SMILES string of the molecule is Cc1cc(CN)cc(C)c1CNC(=O)c1cnn(C(C)C)c1C. The molecule has 5 heteroatoms. The Bertz CT molecular complexity index is 693. The highest BCUT2D eigenvalue weighted by molar-refractivity contribution is 5.95. The van der Waals surface area contributed by atoms with E-state index in [-0.39, 0.29) is 11.9 Å². The fraction of sp³-hybridized carbons (Fsp3) is 0.444. The topological polar surface area (TPSA) is 72.9 Å². The van der Waals surface area contributed by atoms with Crippen LogP contribution in [-0.4, -0.2) is 15.7 Å². The predicted octanol–water partition coefficient (Wildman–Crippen LogP) is 2.78. The fourth-order valence-electron chi connectivity index (χ4n) is 2.91. The summed E-state index contributed by atoms with van der Waals surface area (Å²) < 4.78 is 1.86. The molecule has 0 aliphatic carbocycles. The van der Waals surface area contributed by atoms with Gasteiger partial charge < -0.3 is 11.1 Å². The highest BCUT2D eigenvalue weighted by atomic mass is 16.1. The van der Waals surface area contributed by atoms with Crippen LogP contribution in [0.15, 0.2) is 18.3 Å². The van der Waals surface area contributed by atoms with Crippen LogP contribution in [0, 0.1) is 20.8 Å². The van der Waals surface area contributed by atoms with Crippen molar-refractivity contribution in [2.45, 2.75) is 53.8 Å². The summed E-state index contributed by atoms with van der Waals surface area (Å²) in [5, 5.41) is 7.29. The summed E-state index contributed by atoms with van der Waals surface area (Å²) in [6.07, 6.45) is 1.64. The Hall–Kier alpha value is -2.14. The largest absolute Gasteiger partial charge is 0.348 e. The Balaban J connectivity index is 2.14. The Morgan fingerprint density at radius 3 is 2.35 bits per heavy atom. The minimum atomic E-state index is -0.0869. The number of amides is 1. The van der Waals surface area contributed by atoms with Gasteiger partial charge in [0.15, 0.2) is 0 Å². The molecule has 0 atom stereocenters. The molecule has 0 spiro atoms. The van der Waals surface area contributed by atoms with Crippen LogP contribution in [0.3, 0.4) is 0 Å². The maximum Gasteiger partial charge on any atom is 0.255 e. The molecule has 2 rings (SSSR count). The molecule has 0 fully saturated rings. The zero-order valence-corrected chi connectivity index (χ0v) is 14.6. The van der Waals surface area contributed by atoms with Gasteiger partial charge >= 0.3 is 0 Å². The van der Waals surface area contributed by atoms with E-state index in [4.69, 9.17) is 5.73 Å². The molecule has 0 radical (unpaired) electrons. The molecule has 0 aliphatic heterocycles. The van der Waals surface area contributed by atoms with Crippen LogP contribution >= 0.6 is 0 Å². The second-order valence-corrected chi connectivity index (χ2v) is 6.28. The number of nitrogens with two attached hydrogens (primary N) is 1. The van der Waals surface area contributed by atoms with Gasteiger partial charge in [-0.1, -0.05) is 12.1 Å². The Morgan fingerprint density at radius 2 is 1.87 bits per heavy atom. The van der Waals surface area contributed by atoms with E-state index < -0.39 is 0 Å². The molecule has 3 N–H and O–H groups in total. The number of nitrogens with one attached hydrogen (secondary N) is 1. The van der Waals surface area contributed by atoms with Crippen molar-refractivity contribution < 1.29 is 4.79 Å². The fourth-order valence-corrected chi connectivity index (χ4v) is 2.91. The zero-order chi connectivity index (χ0) is 17.1. The Morgan fingerprint density at radius 1 is 1.26 bits per heavy atom. The van der Waals surface area contributed by atoms with E-state index in [9.17, 15) is 4.79 Å². The van der Waals surface area contributed by atoms with Crippen molar-refractivity contribution in [3.05, 3.63) is 51.8 Å². The van der Waals surface area contributed by atoms with Crippen LogP contribution in [-0.2, 0) is 13.1 Å². The molecule has 23 heavy (non-hydrogen) atoms. The summed E-state index contributed by atoms with van der Waals surface area (Å²) in [6, 6.07) is 4.40. The number of hydrogen-bond acceptors (Lipinski definition) is 3. The molecule has 0 bridgehead atoms. The number of aromatic nitrogens is 2. The Labute approximate surface area is 137 Å². The molecular formula is C18H26N4O. The van der Waals surface area contributed by atoms with Crippen LogP contribution < -0.4 is 11.1 Å². The standard InChI is InChI=1S/C18H26N4O/c1-11(2)22-14(5)17(10-21-22)18(23)20-9-16-12(3)6-15(8-19)7-13(16)4/h6-7,10-11H,8-9,19H2,1-5H3,(H,20,23). The molecule has 0 saturated carbocycles. The summed E-state index contributed by atoms with van der Waals surface area (Å²) in [5.74, 6) is -0.0869. The number of carbonyl (C=O) groups is 1. The average Bonchev–Trinajstić information content (AvgIpc) is 2.87. The summed E-state index contributed by atoms with van der Waals surface area (Å²) in [4.78, 5) is 12.4. The van der Waals surface area contributed by atoms with Gasteiger partial charge in [-0.3, -0.25) is 9.48 Å². The highest BCUT2D eigenvalue weighted by Gasteiger charge is 2.16. The van der Waals surface area contributed by atoms with Crippen molar-refractivity contribution in [2.24, 2.45) is 5.73 Å². The second-order valence-electron chi connectivity index (χ2n) is 6.28. The number of nitrogens with zero attached hydrogens (tertiary/aromatic N) is 2. The van der Waals surface area contributed by atoms with Crippen LogP contribution in [0.25, 0.3) is 0 Å². The smallest absolute Gasteiger partial charge is 0.255 e. The number of benzene rings is 1. The first-order chi connectivity index (χ1) is 10.8. The van der Waals surface area contributed by atoms with E-state index >= 15 is 0 Å². The van der Waals surface area contributed by atoms with E-state index in [0.29, 0.717) is 18.7 Å². The van der Waals surface area contributed by atoms with Gasteiger partial charge in [-0.05, 0) is 56.9 Å². The molecule has 124 valence electrons. The third-order valence-electron chi connectivity index (χ3n) is 4.20. The molecule has 0 saturated heterocycles. The number of carbonyl (C=O) groups excluding carboxylic acids is 1. The molecular weight excluding hydrogens is 288 g/mol. The lowest BCUT2D eigenvalue weighted by molar-refractivity contribution is 0.0950. The summed E-state index contributed by atoms with van der Waals surface area (Å²) in [5.41, 5.74) is 11.8. The van der Waals surface area contributed by atoms with Crippen molar-refractivity contribution in [1.29, 1.82) is 0 Å². The van der Waals surface area contributed by atoms with Crippen LogP contribution in [0.1, 0.15) is 58.2 Å². The van der Waals surface area contributed by atoms with Gasteiger partial charge in [0.1, 0.15) is 0 Å². The maximum absolute atomic E-state index is 12.4. The van der Waals surface area contributed by atoms with E-state index in [1.165, 1.54) is 0 Å². The molecule has 5 nitrogen and oxygen atoms in total. The molecule has 1 amide bonds. The van der Waals surface area contributed by atoms with Gasteiger partial charge in [-0.2, -0.15) is 5.10 Å². The van der Waals surface area contributed by atoms with Crippen molar-refractivity contribution in [3.8, 4) is 0 Å². The normalized spacial score (nSPS) is 11.1. The first-order valence-electron chi connectivity index (χ1n) is 7.96. The molecule has 1 aromatic heterocycles. The van der Waals surface area contributed by atoms with E-state index in [1.807, 2.05) is 25.5 Å². The minimum absolute atomic E-state index is 0.0869. The van der Waals surface area contributed by atoms with E-state index in [2.05, 4.69) is 36.4 Å². The first kappa shape index (κ1) is 17.2. The predicted molar refractivity (Wildman–Crippen MR) is 92.3 cm³/mol. The van der Waals surface area contributed by atoms with Gasteiger partial charge in [-0.25, -0.2) is 0 Å². The average molecular weight is 314 g/mol. The number of hydrogen-bond donors (Lipinski definition) is 2. The van der Waals surface area contributed by atoms with Crippen LogP contribution in [0.2, 0.25) is 0 Å². The highest BCUT2D eigenvalue weighted by Crippen LogP contribution is 2.17. The monoisotopic (exact) mass is 314 g/mol. The molecule has 2 aromatic rings. The van der Waals surface area contributed by atoms with Crippen molar-refractivity contribution in [3.63, 3.8) is 0 Å². The third-order valence-corrected chi connectivity index (χ3v) is 4.20. The molecule has 0 unspecified atom stereocenters.